The van der Waals surface area contributed by atoms with Crippen molar-refractivity contribution in [3.8, 4) is 11.5 Å². The van der Waals surface area contributed by atoms with Crippen molar-refractivity contribution in [2.45, 2.75) is 38.6 Å². The summed E-state index contributed by atoms with van der Waals surface area (Å²) in [6.07, 6.45) is 4.33. The molecule has 0 radical (unpaired) electrons. The molecule has 6 nitrogen and oxygen atoms in total. The topological polar surface area (TPSA) is 82.3 Å². The number of anilines is 2. The number of benzene rings is 1. The van der Waals surface area contributed by atoms with Gasteiger partial charge in [0.2, 0.25) is 5.95 Å². The number of nitrogens with two attached hydrogens (primary N) is 1. The lowest BCUT2D eigenvalue weighted by molar-refractivity contribution is 0.171. The first-order chi connectivity index (χ1) is 11.7. The Labute approximate surface area is 141 Å². The minimum atomic E-state index is 0.0844. The molecular weight excluding hydrogens is 304 g/mol. The Hall–Kier alpha value is -2.50. The summed E-state index contributed by atoms with van der Waals surface area (Å²) < 4.78 is 11.3. The lowest BCUT2D eigenvalue weighted by Gasteiger charge is -2.23. The molecule has 1 aromatic heterocycles. The quantitative estimate of drug-likeness (QED) is 0.902. The summed E-state index contributed by atoms with van der Waals surface area (Å²) in [5, 5.41) is 3.51. The van der Waals surface area contributed by atoms with Gasteiger partial charge in [-0.25, -0.2) is 4.98 Å². The maximum absolute atomic E-state index is 5.89. The number of aromatic nitrogens is 2. The Morgan fingerprint density at radius 2 is 1.88 bits per heavy atom. The molecule has 126 valence electrons. The number of fused-ring (bicyclic) bond motifs is 2. The Kier molecular flexibility index (Phi) is 3.88. The van der Waals surface area contributed by atoms with Crippen LogP contribution in [0.2, 0.25) is 0 Å². The van der Waals surface area contributed by atoms with Gasteiger partial charge in [-0.15, -0.1) is 0 Å². The Balaban J connectivity index is 1.60. The van der Waals surface area contributed by atoms with Gasteiger partial charge < -0.3 is 20.5 Å². The van der Waals surface area contributed by atoms with E-state index in [9.17, 15) is 0 Å². The zero-order chi connectivity index (χ0) is 16.5. The van der Waals surface area contributed by atoms with Crippen LogP contribution in [-0.2, 0) is 12.8 Å². The molecule has 0 saturated carbocycles. The summed E-state index contributed by atoms with van der Waals surface area (Å²) in [4.78, 5) is 8.84. The molecule has 3 N–H and O–H groups in total. The van der Waals surface area contributed by atoms with Gasteiger partial charge in [-0.3, -0.25) is 0 Å². The summed E-state index contributed by atoms with van der Waals surface area (Å²) in [7, 11) is 0. The predicted octanol–water partition coefficient (Wildman–Crippen LogP) is 2.88. The van der Waals surface area contributed by atoms with Crippen LogP contribution in [0.3, 0.4) is 0 Å². The first-order valence-corrected chi connectivity index (χ1v) is 8.52. The lowest BCUT2D eigenvalue weighted by atomic mass is 9.96. The molecule has 1 aromatic carbocycles. The fourth-order valence-corrected chi connectivity index (χ4v) is 3.35. The van der Waals surface area contributed by atoms with Crippen LogP contribution >= 0.6 is 0 Å². The highest BCUT2D eigenvalue weighted by molar-refractivity contribution is 5.53. The monoisotopic (exact) mass is 326 g/mol. The largest absolute Gasteiger partial charge is 0.486 e. The van der Waals surface area contributed by atoms with Crippen molar-refractivity contribution in [2.24, 2.45) is 0 Å². The molecule has 0 unspecified atom stereocenters. The SMILES string of the molecule is C[C@H](Nc1nc(N)nc2c1CCCC2)c1ccc2c(c1)OCCO2. The summed E-state index contributed by atoms with van der Waals surface area (Å²) in [6, 6.07) is 6.14. The first-order valence-electron chi connectivity index (χ1n) is 8.52. The maximum Gasteiger partial charge on any atom is 0.222 e. The average Bonchev–Trinajstić information content (AvgIpc) is 2.61. The lowest BCUT2D eigenvalue weighted by Crippen LogP contribution is -2.18. The van der Waals surface area contributed by atoms with E-state index in [1.165, 1.54) is 18.4 Å². The summed E-state index contributed by atoms with van der Waals surface area (Å²) in [5.74, 6) is 2.81. The Morgan fingerprint density at radius 3 is 2.75 bits per heavy atom. The number of aryl methyl sites for hydroxylation is 1. The predicted molar refractivity (Wildman–Crippen MR) is 92.6 cm³/mol. The van der Waals surface area contributed by atoms with Gasteiger partial charge in [0, 0.05) is 5.56 Å². The van der Waals surface area contributed by atoms with Crippen molar-refractivity contribution in [1.82, 2.24) is 9.97 Å². The van der Waals surface area contributed by atoms with Gasteiger partial charge in [-0.2, -0.15) is 4.98 Å². The van der Waals surface area contributed by atoms with E-state index in [0.717, 1.165) is 41.4 Å². The van der Waals surface area contributed by atoms with E-state index in [1.807, 2.05) is 12.1 Å². The Bertz CT molecular complexity index is 763. The molecule has 2 heterocycles. The minimum absolute atomic E-state index is 0.0844. The van der Waals surface area contributed by atoms with Crippen LogP contribution in [-0.4, -0.2) is 23.2 Å². The molecule has 24 heavy (non-hydrogen) atoms. The highest BCUT2D eigenvalue weighted by atomic mass is 16.6. The molecule has 1 atom stereocenters. The van der Waals surface area contributed by atoms with E-state index in [1.54, 1.807) is 0 Å². The maximum atomic E-state index is 5.89. The summed E-state index contributed by atoms with van der Waals surface area (Å²) >= 11 is 0. The highest BCUT2D eigenvalue weighted by Crippen LogP contribution is 2.34. The van der Waals surface area contributed by atoms with Crippen LogP contribution in [0.15, 0.2) is 18.2 Å². The number of hydrogen-bond acceptors (Lipinski definition) is 6. The van der Waals surface area contributed by atoms with Crippen LogP contribution in [0.4, 0.5) is 11.8 Å². The van der Waals surface area contributed by atoms with Crippen molar-refractivity contribution < 1.29 is 9.47 Å². The molecule has 2 aliphatic rings. The van der Waals surface area contributed by atoms with Gasteiger partial charge >= 0.3 is 0 Å². The number of hydrogen-bond donors (Lipinski definition) is 2. The van der Waals surface area contributed by atoms with Crippen LogP contribution in [0.1, 0.15) is 42.6 Å². The van der Waals surface area contributed by atoms with Crippen LogP contribution in [0, 0.1) is 0 Å². The molecule has 0 saturated heterocycles. The van der Waals surface area contributed by atoms with Crippen molar-refractivity contribution >= 4 is 11.8 Å². The average molecular weight is 326 g/mol. The van der Waals surface area contributed by atoms with Gasteiger partial charge in [-0.05, 0) is 50.3 Å². The highest BCUT2D eigenvalue weighted by Gasteiger charge is 2.20. The third-order valence-corrected chi connectivity index (χ3v) is 4.62. The van der Waals surface area contributed by atoms with E-state index >= 15 is 0 Å². The molecule has 1 aliphatic heterocycles. The number of nitrogens with zero attached hydrogens (tertiary/aromatic N) is 2. The van der Waals surface area contributed by atoms with E-state index in [2.05, 4.69) is 28.3 Å². The van der Waals surface area contributed by atoms with Crippen LogP contribution in [0.5, 0.6) is 11.5 Å². The van der Waals surface area contributed by atoms with E-state index < -0.39 is 0 Å². The van der Waals surface area contributed by atoms with E-state index in [4.69, 9.17) is 15.2 Å². The van der Waals surface area contributed by atoms with E-state index in [0.29, 0.717) is 19.2 Å². The van der Waals surface area contributed by atoms with Gasteiger partial charge in [0.05, 0.1) is 11.7 Å². The van der Waals surface area contributed by atoms with Crippen molar-refractivity contribution in [2.75, 3.05) is 24.3 Å². The van der Waals surface area contributed by atoms with Gasteiger partial charge in [0.25, 0.3) is 0 Å². The molecule has 4 rings (SSSR count). The standard InChI is InChI=1S/C18H22N4O2/c1-11(12-6-7-15-16(10-12)24-9-8-23-15)20-17-13-4-2-3-5-14(13)21-18(19)22-17/h6-7,10-11H,2-5,8-9H2,1H3,(H3,19,20,21,22)/t11-/m0/s1. The fraction of sp³-hybridized carbons (Fsp3) is 0.444. The number of rotatable bonds is 3. The zero-order valence-electron chi connectivity index (χ0n) is 13.8. The van der Waals surface area contributed by atoms with Crippen LogP contribution in [0.25, 0.3) is 0 Å². The third-order valence-electron chi connectivity index (χ3n) is 4.62. The molecular formula is C18H22N4O2. The smallest absolute Gasteiger partial charge is 0.222 e. The second kappa shape index (κ2) is 6.19. The molecule has 2 aromatic rings. The molecule has 1 aliphatic carbocycles. The number of nitrogen functional groups attached to an aromatic ring is 1. The molecule has 0 spiro atoms. The van der Waals surface area contributed by atoms with Crippen LogP contribution < -0.4 is 20.5 Å². The third kappa shape index (κ3) is 2.84. The van der Waals surface area contributed by atoms with Crippen molar-refractivity contribution in [3.63, 3.8) is 0 Å². The second-order valence-corrected chi connectivity index (χ2v) is 6.33. The van der Waals surface area contributed by atoms with E-state index in [-0.39, 0.29) is 6.04 Å². The molecule has 0 bridgehead atoms. The fourth-order valence-electron chi connectivity index (χ4n) is 3.35. The van der Waals surface area contributed by atoms with Gasteiger partial charge in [0.1, 0.15) is 19.0 Å². The minimum Gasteiger partial charge on any atom is -0.486 e. The number of nitrogens with one attached hydrogen (secondary N) is 1. The zero-order valence-corrected chi connectivity index (χ0v) is 13.8. The first kappa shape index (κ1) is 15.1. The van der Waals surface area contributed by atoms with Crippen molar-refractivity contribution in [3.05, 3.63) is 35.0 Å². The summed E-state index contributed by atoms with van der Waals surface area (Å²) in [5.41, 5.74) is 9.31. The molecule has 0 fully saturated rings. The van der Waals surface area contributed by atoms with Gasteiger partial charge in [0.15, 0.2) is 11.5 Å². The molecule has 0 amide bonds. The molecule has 6 heteroatoms. The van der Waals surface area contributed by atoms with Crippen molar-refractivity contribution in [1.29, 1.82) is 0 Å². The van der Waals surface area contributed by atoms with Gasteiger partial charge in [-0.1, -0.05) is 6.07 Å². The summed E-state index contributed by atoms with van der Waals surface area (Å²) in [6.45, 7) is 3.31. The second-order valence-electron chi connectivity index (χ2n) is 6.33. The number of ether oxygens (including phenoxy) is 2. The normalized spacial score (nSPS) is 17.0. The Morgan fingerprint density at radius 1 is 1.08 bits per heavy atom.